The summed E-state index contributed by atoms with van der Waals surface area (Å²) < 4.78 is 0. The van der Waals surface area contributed by atoms with Gasteiger partial charge in [-0.2, -0.15) is 11.8 Å². The zero-order valence-electron chi connectivity index (χ0n) is 11.3. The number of hydrogen-bond acceptors (Lipinski definition) is 3. The first-order valence-electron chi connectivity index (χ1n) is 7.42. The molecule has 1 atom stereocenters. The van der Waals surface area contributed by atoms with E-state index in [0.717, 1.165) is 32.1 Å². The predicted octanol–water partition coefficient (Wildman–Crippen LogP) is 2.12. The first kappa shape index (κ1) is 14.2. The second-order valence-corrected chi connectivity index (χ2v) is 6.63. The van der Waals surface area contributed by atoms with Gasteiger partial charge in [-0.05, 0) is 56.1 Å². The summed E-state index contributed by atoms with van der Waals surface area (Å²) in [6.07, 6.45) is 7.09. The molecular formula is C14H26N2OS. The molecule has 2 saturated heterocycles. The molecule has 0 aliphatic carbocycles. The number of nitrogens with zero attached hydrogens (tertiary/aromatic N) is 1. The number of carbonyl (C=O) groups is 1. The van der Waals surface area contributed by atoms with E-state index in [-0.39, 0.29) is 0 Å². The van der Waals surface area contributed by atoms with Gasteiger partial charge in [0.05, 0.1) is 0 Å². The summed E-state index contributed by atoms with van der Waals surface area (Å²) >= 11 is 2.07. The normalized spacial score (nSPS) is 25.1. The molecule has 4 heteroatoms. The van der Waals surface area contributed by atoms with Gasteiger partial charge in [-0.25, -0.2) is 0 Å². The molecular weight excluding hydrogens is 244 g/mol. The minimum Gasteiger partial charge on any atom is -0.343 e. The zero-order valence-corrected chi connectivity index (χ0v) is 12.1. The van der Waals surface area contributed by atoms with Crippen molar-refractivity contribution in [1.29, 1.82) is 0 Å². The van der Waals surface area contributed by atoms with Crippen LogP contribution in [0.3, 0.4) is 0 Å². The van der Waals surface area contributed by atoms with E-state index in [4.69, 9.17) is 0 Å². The van der Waals surface area contributed by atoms with E-state index in [1.165, 1.54) is 43.6 Å². The largest absolute Gasteiger partial charge is 0.343 e. The number of piperidine rings is 1. The van der Waals surface area contributed by atoms with Gasteiger partial charge in [0.2, 0.25) is 5.91 Å². The monoisotopic (exact) mass is 270 g/mol. The Hall–Kier alpha value is -0.220. The van der Waals surface area contributed by atoms with Gasteiger partial charge in [0.25, 0.3) is 0 Å². The Balaban J connectivity index is 1.52. The summed E-state index contributed by atoms with van der Waals surface area (Å²) in [7, 11) is 0. The van der Waals surface area contributed by atoms with Crippen LogP contribution in [-0.2, 0) is 4.79 Å². The number of carbonyl (C=O) groups excluding carboxylic acids is 1. The highest BCUT2D eigenvalue weighted by atomic mass is 32.2. The highest BCUT2D eigenvalue weighted by molar-refractivity contribution is 7.99. The van der Waals surface area contributed by atoms with Crippen molar-refractivity contribution in [3.8, 4) is 0 Å². The third kappa shape index (κ3) is 4.81. The topological polar surface area (TPSA) is 32.3 Å². The van der Waals surface area contributed by atoms with E-state index in [1.807, 2.05) is 4.90 Å². The smallest absolute Gasteiger partial charge is 0.223 e. The van der Waals surface area contributed by atoms with Crippen molar-refractivity contribution in [3.05, 3.63) is 0 Å². The minimum absolute atomic E-state index is 0.347. The van der Waals surface area contributed by atoms with Crippen molar-refractivity contribution in [1.82, 2.24) is 10.2 Å². The van der Waals surface area contributed by atoms with Crippen LogP contribution in [0.2, 0.25) is 0 Å². The maximum Gasteiger partial charge on any atom is 0.223 e. The van der Waals surface area contributed by atoms with Crippen molar-refractivity contribution in [3.63, 3.8) is 0 Å². The maximum absolute atomic E-state index is 11.9. The van der Waals surface area contributed by atoms with Crippen LogP contribution >= 0.6 is 11.8 Å². The fourth-order valence-corrected chi connectivity index (χ4v) is 3.93. The van der Waals surface area contributed by atoms with Crippen LogP contribution < -0.4 is 5.32 Å². The van der Waals surface area contributed by atoms with Crippen molar-refractivity contribution < 1.29 is 4.79 Å². The Morgan fingerprint density at radius 3 is 2.78 bits per heavy atom. The molecule has 2 aliphatic rings. The van der Waals surface area contributed by atoms with Crippen LogP contribution in [0.4, 0.5) is 0 Å². The van der Waals surface area contributed by atoms with Crippen molar-refractivity contribution in [2.75, 3.05) is 37.7 Å². The lowest BCUT2D eigenvalue weighted by Crippen LogP contribution is -2.37. The molecule has 0 saturated carbocycles. The molecule has 2 heterocycles. The SMILES string of the molecule is O=C(CCNCC1CCCSC1)N1CCCCC1. The van der Waals surface area contributed by atoms with E-state index < -0.39 is 0 Å². The Morgan fingerprint density at radius 2 is 2.06 bits per heavy atom. The molecule has 3 nitrogen and oxygen atoms in total. The molecule has 1 N–H and O–H groups in total. The van der Waals surface area contributed by atoms with Gasteiger partial charge >= 0.3 is 0 Å². The number of rotatable bonds is 5. The maximum atomic E-state index is 11.9. The molecule has 0 aromatic carbocycles. The molecule has 0 bridgehead atoms. The summed E-state index contributed by atoms with van der Waals surface area (Å²) in [6, 6.07) is 0. The average molecular weight is 270 g/mol. The summed E-state index contributed by atoms with van der Waals surface area (Å²) in [6.45, 7) is 3.92. The predicted molar refractivity (Wildman–Crippen MR) is 78.0 cm³/mol. The average Bonchev–Trinajstić information content (AvgIpc) is 2.45. The fraction of sp³-hybridized carbons (Fsp3) is 0.929. The van der Waals surface area contributed by atoms with Crippen molar-refractivity contribution in [2.24, 2.45) is 5.92 Å². The molecule has 2 aliphatic heterocycles. The first-order valence-corrected chi connectivity index (χ1v) is 8.58. The molecule has 2 fully saturated rings. The summed E-state index contributed by atoms with van der Waals surface area (Å²) in [5.74, 6) is 3.81. The summed E-state index contributed by atoms with van der Waals surface area (Å²) in [4.78, 5) is 14.0. The number of hydrogen-bond donors (Lipinski definition) is 1. The highest BCUT2D eigenvalue weighted by Gasteiger charge is 2.16. The number of amides is 1. The lowest BCUT2D eigenvalue weighted by Gasteiger charge is -2.27. The highest BCUT2D eigenvalue weighted by Crippen LogP contribution is 2.21. The molecule has 104 valence electrons. The Labute approximate surface area is 115 Å². The molecule has 0 spiro atoms. The van der Waals surface area contributed by atoms with Crippen LogP contribution in [0, 0.1) is 5.92 Å². The standard InChI is InChI=1S/C14H26N2OS/c17-14(16-8-2-1-3-9-16)6-7-15-11-13-5-4-10-18-12-13/h13,15H,1-12H2. The van der Waals surface area contributed by atoms with Crippen LogP contribution in [0.15, 0.2) is 0 Å². The van der Waals surface area contributed by atoms with Gasteiger partial charge < -0.3 is 10.2 Å². The van der Waals surface area contributed by atoms with Crippen LogP contribution in [0.25, 0.3) is 0 Å². The Kier molecular flexibility index (Phi) is 6.35. The van der Waals surface area contributed by atoms with Gasteiger partial charge in [-0.15, -0.1) is 0 Å². The molecule has 1 unspecified atom stereocenters. The van der Waals surface area contributed by atoms with Crippen molar-refractivity contribution in [2.45, 2.75) is 38.5 Å². The van der Waals surface area contributed by atoms with Gasteiger partial charge in [-0.3, -0.25) is 4.79 Å². The number of nitrogens with one attached hydrogen (secondary N) is 1. The first-order chi connectivity index (χ1) is 8.86. The zero-order chi connectivity index (χ0) is 12.6. The van der Waals surface area contributed by atoms with E-state index in [2.05, 4.69) is 17.1 Å². The fourth-order valence-electron chi connectivity index (χ4n) is 2.77. The quantitative estimate of drug-likeness (QED) is 0.777. The van der Waals surface area contributed by atoms with Crippen LogP contribution in [-0.4, -0.2) is 48.5 Å². The van der Waals surface area contributed by atoms with Gasteiger partial charge in [0.1, 0.15) is 0 Å². The summed E-state index contributed by atoms with van der Waals surface area (Å²) in [5, 5.41) is 3.46. The number of likely N-dealkylation sites (tertiary alicyclic amines) is 1. The summed E-state index contributed by atoms with van der Waals surface area (Å²) in [5.41, 5.74) is 0. The third-order valence-corrected chi connectivity index (χ3v) is 5.20. The third-order valence-electron chi connectivity index (χ3n) is 3.91. The molecule has 1 amide bonds. The van der Waals surface area contributed by atoms with E-state index >= 15 is 0 Å². The minimum atomic E-state index is 0.347. The lowest BCUT2D eigenvalue weighted by molar-refractivity contribution is -0.131. The lowest BCUT2D eigenvalue weighted by atomic mass is 10.1. The van der Waals surface area contributed by atoms with Crippen LogP contribution in [0.5, 0.6) is 0 Å². The van der Waals surface area contributed by atoms with Gasteiger partial charge in [0.15, 0.2) is 0 Å². The Bertz CT molecular complexity index is 248. The molecule has 0 radical (unpaired) electrons. The second-order valence-electron chi connectivity index (χ2n) is 5.48. The Morgan fingerprint density at radius 1 is 1.22 bits per heavy atom. The second kappa shape index (κ2) is 8.05. The molecule has 0 aromatic heterocycles. The molecule has 18 heavy (non-hydrogen) atoms. The molecule has 0 aromatic rings. The van der Waals surface area contributed by atoms with Gasteiger partial charge in [0, 0.05) is 26.1 Å². The molecule has 2 rings (SSSR count). The van der Waals surface area contributed by atoms with E-state index in [0.29, 0.717) is 12.3 Å². The van der Waals surface area contributed by atoms with Crippen LogP contribution in [0.1, 0.15) is 38.5 Å². The van der Waals surface area contributed by atoms with E-state index in [9.17, 15) is 4.79 Å². The van der Waals surface area contributed by atoms with Crippen molar-refractivity contribution >= 4 is 17.7 Å². The number of thioether (sulfide) groups is 1. The van der Waals surface area contributed by atoms with E-state index in [1.54, 1.807) is 0 Å². The van der Waals surface area contributed by atoms with Gasteiger partial charge in [-0.1, -0.05) is 0 Å².